The molecule has 1 aromatic heterocycles. The summed E-state index contributed by atoms with van der Waals surface area (Å²) >= 11 is 5.96. The molecule has 0 radical (unpaired) electrons. The van der Waals surface area contributed by atoms with E-state index in [9.17, 15) is 4.79 Å². The van der Waals surface area contributed by atoms with Crippen molar-refractivity contribution in [2.45, 2.75) is 6.92 Å². The molecule has 7 heteroatoms. The molecule has 0 bridgehead atoms. The fraction of sp³-hybridized carbons (Fsp3) is 0.118. The van der Waals surface area contributed by atoms with Crippen molar-refractivity contribution in [2.24, 2.45) is 0 Å². The summed E-state index contributed by atoms with van der Waals surface area (Å²) in [6, 6.07) is 12.5. The van der Waals surface area contributed by atoms with Crippen LogP contribution in [0.3, 0.4) is 0 Å². The highest BCUT2D eigenvalue weighted by Gasteiger charge is 2.05. The number of halogens is 1. The molecule has 0 saturated heterocycles. The number of ether oxygens (including phenoxy) is 1. The molecule has 0 fully saturated rings. The Bertz CT molecular complexity index is 832. The molecule has 2 aromatic carbocycles. The van der Waals surface area contributed by atoms with Crippen LogP contribution in [0.15, 0.2) is 55.1 Å². The summed E-state index contributed by atoms with van der Waals surface area (Å²) in [5, 5.41) is 7.48. The molecular formula is C17H15ClN4O2. The molecule has 0 aliphatic rings. The number of nitrogens with zero attached hydrogens (tertiary/aromatic N) is 3. The Labute approximate surface area is 144 Å². The van der Waals surface area contributed by atoms with Gasteiger partial charge in [0.2, 0.25) is 0 Å². The first-order chi connectivity index (χ1) is 11.6. The van der Waals surface area contributed by atoms with Crippen molar-refractivity contribution in [1.82, 2.24) is 14.8 Å². The molecule has 0 spiro atoms. The molecular weight excluding hydrogens is 328 g/mol. The number of rotatable bonds is 5. The maximum Gasteiger partial charge on any atom is 0.262 e. The number of hydrogen-bond donors (Lipinski definition) is 1. The fourth-order valence-corrected chi connectivity index (χ4v) is 2.21. The average molecular weight is 343 g/mol. The fourth-order valence-electron chi connectivity index (χ4n) is 2.09. The topological polar surface area (TPSA) is 69.0 Å². The van der Waals surface area contributed by atoms with Crippen LogP contribution >= 0.6 is 11.6 Å². The number of hydrogen-bond acceptors (Lipinski definition) is 4. The van der Waals surface area contributed by atoms with Crippen LogP contribution in [0.4, 0.5) is 5.69 Å². The highest BCUT2D eigenvalue weighted by molar-refractivity contribution is 6.31. The SMILES string of the molecule is Cc1cc(OCC(=O)Nc2ccc(-n3cncn3)cc2)ccc1Cl. The molecule has 24 heavy (non-hydrogen) atoms. The van der Waals surface area contributed by atoms with E-state index >= 15 is 0 Å². The lowest BCUT2D eigenvalue weighted by Gasteiger charge is -2.09. The van der Waals surface area contributed by atoms with E-state index in [-0.39, 0.29) is 12.5 Å². The number of aromatic nitrogens is 3. The van der Waals surface area contributed by atoms with Crippen LogP contribution in [-0.2, 0) is 4.79 Å². The number of carbonyl (C=O) groups excluding carboxylic acids is 1. The Morgan fingerprint density at radius 1 is 1.25 bits per heavy atom. The number of benzene rings is 2. The Morgan fingerprint density at radius 3 is 2.71 bits per heavy atom. The summed E-state index contributed by atoms with van der Waals surface area (Å²) in [7, 11) is 0. The number of carbonyl (C=O) groups is 1. The molecule has 0 aliphatic carbocycles. The predicted octanol–water partition coefficient (Wildman–Crippen LogP) is 3.25. The molecule has 6 nitrogen and oxygen atoms in total. The summed E-state index contributed by atoms with van der Waals surface area (Å²) < 4.78 is 7.10. The second kappa shape index (κ2) is 7.14. The third kappa shape index (κ3) is 3.91. The Balaban J connectivity index is 1.55. The van der Waals surface area contributed by atoms with E-state index in [2.05, 4.69) is 15.4 Å². The van der Waals surface area contributed by atoms with Crippen LogP contribution in [0.2, 0.25) is 5.02 Å². The molecule has 1 N–H and O–H groups in total. The smallest absolute Gasteiger partial charge is 0.262 e. The van der Waals surface area contributed by atoms with Crippen molar-refractivity contribution >= 4 is 23.2 Å². The van der Waals surface area contributed by atoms with E-state index in [1.54, 1.807) is 41.3 Å². The van der Waals surface area contributed by atoms with Crippen molar-refractivity contribution in [3.05, 3.63) is 65.7 Å². The Hall–Kier alpha value is -2.86. The lowest BCUT2D eigenvalue weighted by atomic mass is 10.2. The summed E-state index contributed by atoms with van der Waals surface area (Å²) in [6.07, 6.45) is 3.07. The first-order valence-corrected chi connectivity index (χ1v) is 7.63. The van der Waals surface area contributed by atoms with Gasteiger partial charge in [0.25, 0.3) is 5.91 Å². The van der Waals surface area contributed by atoms with Gasteiger partial charge in [0.1, 0.15) is 18.4 Å². The summed E-state index contributed by atoms with van der Waals surface area (Å²) in [4.78, 5) is 15.9. The number of amides is 1. The lowest BCUT2D eigenvalue weighted by Crippen LogP contribution is -2.20. The van der Waals surface area contributed by atoms with Gasteiger partial charge in [0.05, 0.1) is 5.69 Å². The van der Waals surface area contributed by atoms with Crippen molar-refractivity contribution in [2.75, 3.05) is 11.9 Å². The first-order valence-electron chi connectivity index (χ1n) is 7.26. The maximum atomic E-state index is 12.0. The molecule has 3 rings (SSSR count). The Morgan fingerprint density at radius 2 is 2.04 bits per heavy atom. The molecule has 0 unspecified atom stereocenters. The van der Waals surface area contributed by atoms with E-state index in [1.165, 1.54) is 6.33 Å². The highest BCUT2D eigenvalue weighted by atomic mass is 35.5. The maximum absolute atomic E-state index is 12.0. The minimum absolute atomic E-state index is 0.0775. The summed E-state index contributed by atoms with van der Waals surface area (Å²) in [5.41, 5.74) is 2.44. The highest BCUT2D eigenvalue weighted by Crippen LogP contribution is 2.21. The van der Waals surface area contributed by atoms with Gasteiger partial charge in [-0.15, -0.1) is 0 Å². The van der Waals surface area contributed by atoms with E-state index in [4.69, 9.17) is 16.3 Å². The van der Waals surface area contributed by atoms with E-state index < -0.39 is 0 Å². The lowest BCUT2D eigenvalue weighted by molar-refractivity contribution is -0.118. The second-order valence-corrected chi connectivity index (χ2v) is 5.54. The number of anilines is 1. The van der Waals surface area contributed by atoms with Crippen LogP contribution in [0, 0.1) is 6.92 Å². The minimum Gasteiger partial charge on any atom is -0.484 e. The zero-order chi connectivity index (χ0) is 16.9. The second-order valence-electron chi connectivity index (χ2n) is 5.13. The third-order valence-corrected chi connectivity index (χ3v) is 3.76. The van der Waals surface area contributed by atoms with E-state index in [0.29, 0.717) is 16.5 Å². The van der Waals surface area contributed by atoms with Gasteiger partial charge in [-0.3, -0.25) is 4.79 Å². The molecule has 1 heterocycles. The van der Waals surface area contributed by atoms with Gasteiger partial charge >= 0.3 is 0 Å². The molecule has 0 saturated carbocycles. The normalized spacial score (nSPS) is 10.4. The van der Waals surface area contributed by atoms with Crippen LogP contribution in [0.5, 0.6) is 5.75 Å². The largest absolute Gasteiger partial charge is 0.484 e. The summed E-state index contributed by atoms with van der Waals surface area (Å²) in [6.45, 7) is 1.80. The van der Waals surface area contributed by atoms with Gasteiger partial charge in [0, 0.05) is 10.7 Å². The van der Waals surface area contributed by atoms with Gasteiger partial charge in [-0.1, -0.05) is 11.6 Å². The van der Waals surface area contributed by atoms with Crippen LogP contribution in [-0.4, -0.2) is 27.3 Å². The monoisotopic (exact) mass is 342 g/mol. The zero-order valence-corrected chi connectivity index (χ0v) is 13.7. The molecule has 0 aliphatic heterocycles. The first kappa shape index (κ1) is 16.0. The quantitative estimate of drug-likeness (QED) is 0.772. The van der Waals surface area contributed by atoms with Crippen molar-refractivity contribution in [3.63, 3.8) is 0 Å². The van der Waals surface area contributed by atoms with Gasteiger partial charge in [0.15, 0.2) is 6.61 Å². The van der Waals surface area contributed by atoms with Crippen LogP contribution in [0.25, 0.3) is 5.69 Å². The molecule has 1 amide bonds. The van der Waals surface area contributed by atoms with Gasteiger partial charge < -0.3 is 10.1 Å². The van der Waals surface area contributed by atoms with Gasteiger partial charge in [-0.2, -0.15) is 5.10 Å². The van der Waals surface area contributed by atoms with Crippen molar-refractivity contribution < 1.29 is 9.53 Å². The van der Waals surface area contributed by atoms with Gasteiger partial charge in [-0.05, 0) is 55.0 Å². The average Bonchev–Trinajstić information content (AvgIpc) is 3.11. The number of aryl methyl sites for hydroxylation is 1. The van der Waals surface area contributed by atoms with Crippen LogP contribution in [0.1, 0.15) is 5.56 Å². The van der Waals surface area contributed by atoms with Gasteiger partial charge in [-0.25, -0.2) is 9.67 Å². The van der Waals surface area contributed by atoms with Crippen molar-refractivity contribution in [3.8, 4) is 11.4 Å². The van der Waals surface area contributed by atoms with E-state index in [1.807, 2.05) is 19.1 Å². The third-order valence-electron chi connectivity index (χ3n) is 3.33. The zero-order valence-electron chi connectivity index (χ0n) is 12.9. The predicted molar refractivity (Wildman–Crippen MR) is 91.7 cm³/mol. The molecule has 0 atom stereocenters. The van der Waals surface area contributed by atoms with Crippen LogP contribution < -0.4 is 10.1 Å². The van der Waals surface area contributed by atoms with Crippen molar-refractivity contribution in [1.29, 1.82) is 0 Å². The van der Waals surface area contributed by atoms with E-state index in [0.717, 1.165) is 11.3 Å². The standard InChI is InChI=1S/C17H15ClN4O2/c1-12-8-15(6-7-16(12)18)24-9-17(23)21-13-2-4-14(5-3-13)22-11-19-10-20-22/h2-8,10-11H,9H2,1H3,(H,21,23). The molecule has 3 aromatic rings. The summed E-state index contributed by atoms with van der Waals surface area (Å²) in [5.74, 6) is 0.365. The minimum atomic E-state index is -0.240. The molecule has 122 valence electrons. The Kier molecular flexibility index (Phi) is 4.77. The number of nitrogens with one attached hydrogen (secondary N) is 1.